The number of hydrogen-bond donors (Lipinski definition) is 0. The van der Waals surface area contributed by atoms with Crippen LogP contribution in [0.5, 0.6) is 0 Å². The van der Waals surface area contributed by atoms with Gasteiger partial charge in [0, 0.05) is 44.1 Å². The quantitative estimate of drug-likeness (QED) is 0.134. The molecule has 0 aromatic carbocycles. The highest BCUT2D eigenvalue weighted by atomic mass is 32.2. The molecule has 3 aliphatic carbocycles. The van der Waals surface area contributed by atoms with E-state index in [1.54, 1.807) is 11.0 Å². The Morgan fingerprint density at radius 1 is 0.958 bits per heavy atom. The minimum absolute atomic E-state index is 0.0171. The first-order valence-electron chi connectivity index (χ1n) is 18.7. The predicted molar refractivity (Wildman–Crippen MR) is 186 cm³/mol. The highest BCUT2D eigenvalue weighted by Gasteiger charge is 2.69. The molecular weight excluding hydrogens is 626 g/mol. The molecule has 3 unspecified atom stereocenters. The van der Waals surface area contributed by atoms with E-state index in [1.165, 1.54) is 0 Å². The van der Waals surface area contributed by atoms with Crippen molar-refractivity contribution in [3.63, 3.8) is 0 Å². The number of hydrogen-bond acceptors (Lipinski definition) is 7. The summed E-state index contributed by atoms with van der Waals surface area (Å²) in [6, 6.07) is -0.677. The number of allylic oxidation sites excluding steroid dienone is 1. The number of carbonyl (C=O) groups excluding carboxylic acids is 5. The van der Waals surface area contributed by atoms with Crippen molar-refractivity contribution in [2.24, 2.45) is 45.8 Å². The van der Waals surface area contributed by atoms with Crippen LogP contribution in [-0.2, 0) is 33.8 Å². The van der Waals surface area contributed by atoms with E-state index < -0.39 is 55.4 Å². The van der Waals surface area contributed by atoms with Gasteiger partial charge in [-0.25, -0.2) is 8.42 Å². The van der Waals surface area contributed by atoms with E-state index in [-0.39, 0.29) is 66.2 Å². The number of likely N-dealkylation sites (tertiary alicyclic amines) is 1. The molecule has 2 heterocycles. The summed E-state index contributed by atoms with van der Waals surface area (Å²) in [6.07, 6.45) is 10.4. The van der Waals surface area contributed by atoms with Gasteiger partial charge in [-0.3, -0.25) is 24.0 Å². The average molecular weight is 686 g/mol. The second kappa shape index (κ2) is 13.9. The third kappa shape index (κ3) is 7.61. The van der Waals surface area contributed by atoms with Crippen molar-refractivity contribution >= 4 is 38.9 Å². The van der Waals surface area contributed by atoms with Crippen LogP contribution in [0.3, 0.4) is 0 Å². The summed E-state index contributed by atoms with van der Waals surface area (Å²) in [4.78, 5) is 70.6. The Labute approximate surface area is 288 Å². The monoisotopic (exact) mass is 685 g/mol. The molecule has 2 saturated heterocycles. The van der Waals surface area contributed by atoms with Crippen LogP contribution in [0.4, 0.5) is 0 Å². The largest absolute Gasteiger partial charge is 0.332 e. The zero-order valence-electron chi connectivity index (χ0n) is 30.1. The molecular formula is C39H59NO7S. The zero-order chi connectivity index (χ0) is 35.2. The molecule has 0 N–H and O–H groups in total. The second-order valence-electron chi connectivity index (χ2n) is 17.8. The van der Waals surface area contributed by atoms with Gasteiger partial charge in [-0.2, -0.15) is 0 Å². The number of carbonyl (C=O) groups is 5. The number of piperidine rings is 1. The second-order valence-corrected chi connectivity index (χ2v) is 20.1. The molecule has 8 nitrogen and oxygen atoms in total. The van der Waals surface area contributed by atoms with Crippen molar-refractivity contribution in [2.45, 2.75) is 142 Å². The van der Waals surface area contributed by atoms with E-state index in [0.29, 0.717) is 38.1 Å². The SMILES string of the molecule is C=CCCC(=O)C(=O)C(CC(=O)[C@@H]1[C@@H]2C(CN1C(=O)[C@@H](CC(=O)CC1(C3CCCS3(=O)=O)CCCCC1)C(C)(C)C)C2(C)C)CC1CC1. The minimum Gasteiger partial charge on any atom is -0.332 e. The summed E-state index contributed by atoms with van der Waals surface area (Å²) in [5.41, 5.74) is -1.23. The molecule has 5 rings (SSSR count). The van der Waals surface area contributed by atoms with Crippen LogP contribution in [0.15, 0.2) is 12.7 Å². The molecule has 5 aliphatic rings. The number of nitrogens with zero attached hydrogens (tertiary/aromatic N) is 1. The first-order chi connectivity index (χ1) is 22.4. The lowest BCUT2D eigenvalue weighted by Gasteiger charge is -2.42. The Morgan fingerprint density at radius 3 is 2.19 bits per heavy atom. The van der Waals surface area contributed by atoms with Crippen LogP contribution in [0.1, 0.15) is 131 Å². The number of fused-ring (bicyclic) bond motifs is 1. The fourth-order valence-electron chi connectivity index (χ4n) is 9.87. The number of sulfone groups is 1. The van der Waals surface area contributed by atoms with Crippen LogP contribution in [0, 0.1) is 45.8 Å². The molecule has 1 amide bonds. The maximum atomic E-state index is 14.6. The van der Waals surface area contributed by atoms with Gasteiger partial charge in [0.2, 0.25) is 11.7 Å². The molecule has 0 radical (unpaired) electrons. The molecule has 268 valence electrons. The number of rotatable bonds is 16. The molecule has 5 fully saturated rings. The molecule has 0 aromatic heterocycles. The highest BCUT2D eigenvalue weighted by molar-refractivity contribution is 7.92. The van der Waals surface area contributed by atoms with Crippen molar-refractivity contribution in [3.8, 4) is 0 Å². The van der Waals surface area contributed by atoms with E-state index in [1.807, 2.05) is 20.8 Å². The normalized spacial score (nSPS) is 29.8. The van der Waals surface area contributed by atoms with Crippen LogP contribution >= 0.6 is 0 Å². The Kier molecular flexibility index (Phi) is 10.7. The van der Waals surface area contributed by atoms with Crippen molar-refractivity contribution < 1.29 is 32.4 Å². The fraction of sp³-hybridized carbons (Fsp3) is 0.821. The third-order valence-electron chi connectivity index (χ3n) is 13.0. The number of ketones is 4. The Balaban J connectivity index is 1.35. The van der Waals surface area contributed by atoms with Gasteiger partial charge in [0.25, 0.3) is 0 Å². The summed E-state index contributed by atoms with van der Waals surface area (Å²) in [6.45, 7) is 14.2. The summed E-state index contributed by atoms with van der Waals surface area (Å²) < 4.78 is 26.2. The van der Waals surface area contributed by atoms with Gasteiger partial charge < -0.3 is 4.90 Å². The van der Waals surface area contributed by atoms with Crippen molar-refractivity contribution in [1.82, 2.24) is 4.90 Å². The van der Waals surface area contributed by atoms with E-state index in [0.717, 1.165) is 44.9 Å². The first kappa shape index (κ1) is 37.1. The maximum Gasteiger partial charge on any atom is 0.227 e. The lowest BCUT2D eigenvalue weighted by molar-refractivity contribution is -0.148. The van der Waals surface area contributed by atoms with E-state index in [2.05, 4.69) is 20.4 Å². The van der Waals surface area contributed by atoms with Gasteiger partial charge in [-0.1, -0.05) is 72.8 Å². The van der Waals surface area contributed by atoms with Gasteiger partial charge in [0.15, 0.2) is 21.4 Å². The molecule has 6 atom stereocenters. The topological polar surface area (TPSA) is 123 Å². The number of Topliss-reactive ketones (excluding diaryl/α,β-unsaturated/α-hetero) is 4. The average Bonchev–Trinajstić information content (AvgIpc) is 3.79. The van der Waals surface area contributed by atoms with E-state index in [9.17, 15) is 32.4 Å². The van der Waals surface area contributed by atoms with Gasteiger partial charge >= 0.3 is 0 Å². The van der Waals surface area contributed by atoms with Gasteiger partial charge in [0.1, 0.15) is 5.78 Å². The molecule has 48 heavy (non-hydrogen) atoms. The lowest BCUT2D eigenvalue weighted by Crippen LogP contribution is -2.51. The summed E-state index contributed by atoms with van der Waals surface area (Å²) >= 11 is 0. The maximum absolute atomic E-state index is 14.6. The Morgan fingerprint density at radius 2 is 1.62 bits per heavy atom. The molecule has 0 aromatic rings. The van der Waals surface area contributed by atoms with Gasteiger partial charge in [-0.05, 0) is 72.5 Å². The summed E-state index contributed by atoms with van der Waals surface area (Å²) in [5.74, 6) is -1.97. The van der Waals surface area contributed by atoms with Crippen LogP contribution in [0.2, 0.25) is 0 Å². The lowest BCUT2D eigenvalue weighted by atomic mass is 9.66. The molecule has 9 heteroatoms. The van der Waals surface area contributed by atoms with Crippen LogP contribution in [0.25, 0.3) is 0 Å². The Bertz CT molecular complexity index is 1410. The highest BCUT2D eigenvalue weighted by Crippen LogP contribution is 2.65. The van der Waals surface area contributed by atoms with E-state index >= 15 is 0 Å². The molecule has 0 spiro atoms. The van der Waals surface area contributed by atoms with Gasteiger partial charge in [0.05, 0.1) is 17.0 Å². The van der Waals surface area contributed by atoms with Crippen molar-refractivity contribution in [3.05, 3.63) is 12.7 Å². The zero-order valence-corrected chi connectivity index (χ0v) is 30.9. The van der Waals surface area contributed by atoms with Crippen molar-refractivity contribution in [1.29, 1.82) is 0 Å². The van der Waals surface area contributed by atoms with Gasteiger partial charge in [-0.15, -0.1) is 6.58 Å². The summed E-state index contributed by atoms with van der Waals surface area (Å²) in [7, 11) is -3.25. The van der Waals surface area contributed by atoms with Crippen molar-refractivity contribution in [2.75, 3.05) is 12.3 Å². The molecule has 3 saturated carbocycles. The van der Waals surface area contributed by atoms with E-state index in [4.69, 9.17) is 0 Å². The fourth-order valence-corrected chi connectivity index (χ4v) is 12.3. The minimum atomic E-state index is -3.25. The molecule has 2 aliphatic heterocycles. The van der Waals surface area contributed by atoms with Crippen LogP contribution < -0.4 is 0 Å². The third-order valence-corrected chi connectivity index (χ3v) is 15.5. The standard InChI is InChI=1S/C39H59NO7S/c1-7-8-13-30(42)35(44)26(20-25-15-16-25)21-31(43)34-33-29(38(33,5)6)24-40(34)36(45)28(37(2,3)4)22-27(41)23-39(17-10-9-11-18-39)32-14-12-19-48(32,46)47/h7,25-26,28-29,32-34H,1,8-24H2,2-6H3/t26?,28-,29?,32?,33+,34-/m1/s1. The van der Waals surface area contributed by atoms with Crippen LogP contribution in [-0.4, -0.2) is 65.9 Å². The first-order valence-corrected chi connectivity index (χ1v) is 20.4. The smallest absolute Gasteiger partial charge is 0.227 e. The Hall–Kier alpha value is -2.16. The predicted octanol–water partition coefficient (Wildman–Crippen LogP) is 6.49. The summed E-state index contributed by atoms with van der Waals surface area (Å²) in [5, 5.41) is -0.483. The molecule has 0 bridgehead atoms. The number of amides is 1.